The molecular formula is C24H35N3O2. The van der Waals surface area contributed by atoms with Crippen LogP contribution in [0.3, 0.4) is 0 Å². The number of amides is 1. The first-order chi connectivity index (χ1) is 14.1. The number of rotatable bonds is 8. The van der Waals surface area contributed by atoms with Gasteiger partial charge in [-0.3, -0.25) is 14.2 Å². The molecule has 0 aliphatic carbocycles. The second-order valence-electron chi connectivity index (χ2n) is 8.33. The molecule has 0 saturated carbocycles. The van der Waals surface area contributed by atoms with Gasteiger partial charge in [-0.1, -0.05) is 45.7 Å². The zero-order chi connectivity index (χ0) is 20.8. The first kappa shape index (κ1) is 21.5. The van der Waals surface area contributed by atoms with Gasteiger partial charge in [-0.05, 0) is 43.7 Å². The van der Waals surface area contributed by atoms with Gasteiger partial charge in [-0.15, -0.1) is 0 Å². The average Bonchev–Trinajstić information content (AvgIpc) is 2.76. The number of carbonyl (C=O) groups excluding carboxylic acids is 1. The van der Waals surface area contributed by atoms with Crippen LogP contribution in [0.15, 0.2) is 29.1 Å². The number of likely N-dealkylation sites (tertiary alicyclic amines) is 1. The Morgan fingerprint density at radius 2 is 1.90 bits per heavy atom. The third kappa shape index (κ3) is 4.88. The van der Waals surface area contributed by atoms with Gasteiger partial charge in [0.1, 0.15) is 5.82 Å². The smallest absolute Gasteiger partial charge is 0.261 e. The molecule has 1 aromatic heterocycles. The molecule has 2 heterocycles. The summed E-state index contributed by atoms with van der Waals surface area (Å²) in [5.74, 6) is 1.78. The average molecular weight is 398 g/mol. The third-order valence-corrected chi connectivity index (χ3v) is 6.37. The molecule has 1 amide bonds. The van der Waals surface area contributed by atoms with Crippen molar-refractivity contribution in [3.05, 3.63) is 40.4 Å². The minimum Gasteiger partial charge on any atom is -0.342 e. The number of carbonyl (C=O) groups is 1. The number of nitrogens with zero attached hydrogens (tertiary/aromatic N) is 3. The van der Waals surface area contributed by atoms with Crippen molar-refractivity contribution in [2.24, 2.45) is 11.8 Å². The summed E-state index contributed by atoms with van der Waals surface area (Å²) in [4.78, 5) is 32.7. The third-order valence-electron chi connectivity index (χ3n) is 6.37. The quantitative estimate of drug-likeness (QED) is 0.663. The van der Waals surface area contributed by atoms with E-state index >= 15 is 0 Å². The molecular weight excluding hydrogens is 362 g/mol. The molecule has 5 heteroatoms. The van der Waals surface area contributed by atoms with E-state index in [1.165, 1.54) is 0 Å². The highest BCUT2D eigenvalue weighted by molar-refractivity contribution is 5.79. The summed E-state index contributed by atoms with van der Waals surface area (Å²) < 4.78 is 1.88. The van der Waals surface area contributed by atoms with Crippen molar-refractivity contribution in [1.82, 2.24) is 14.5 Å². The number of aryl methyl sites for hydroxylation is 1. The SMILES string of the molecule is CCCCC(CC)C(=O)N1CCC(Cn2c(CC)nc3ccccc3c2=O)CC1. The van der Waals surface area contributed by atoms with Gasteiger partial charge in [0.05, 0.1) is 10.9 Å². The molecule has 1 aliphatic rings. The number of benzene rings is 1. The molecule has 0 radical (unpaired) electrons. The van der Waals surface area contributed by atoms with Crippen LogP contribution in [0.5, 0.6) is 0 Å². The van der Waals surface area contributed by atoms with Crippen LogP contribution < -0.4 is 5.56 Å². The first-order valence-corrected chi connectivity index (χ1v) is 11.4. The maximum Gasteiger partial charge on any atom is 0.261 e. The Morgan fingerprint density at radius 3 is 2.55 bits per heavy atom. The number of piperidine rings is 1. The molecule has 0 spiro atoms. The van der Waals surface area contributed by atoms with Crippen LogP contribution in [-0.2, 0) is 17.8 Å². The van der Waals surface area contributed by atoms with E-state index in [0.29, 0.717) is 23.8 Å². The number of fused-ring (bicyclic) bond motifs is 1. The van der Waals surface area contributed by atoms with Gasteiger partial charge < -0.3 is 4.90 Å². The molecule has 1 aromatic carbocycles. The number of para-hydroxylation sites is 1. The summed E-state index contributed by atoms with van der Waals surface area (Å²) in [5, 5.41) is 0.694. The van der Waals surface area contributed by atoms with Crippen LogP contribution in [0, 0.1) is 11.8 Å². The largest absolute Gasteiger partial charge is 0.342 e. The maximum atomic E-state index is 13.0. The number of aromatic nitrogens is 2. The van der Waals surface area contributed by atoms with Crippen molar-refractivity contribution in [2.45, 2.75) is 72.3 Å². The Kier molecular flexibility index (Phi) is 7.45. The molecule has 158 valence electrons. The van der Waals surface area contributed by atoms with Crippen LogP contribution in [0.25, 0.3) is 10.9 Å². The Bertz CT molecular complexity index is 881. The van der Waals surface area contributed by atoms with E-state index in [-0.39, 0.29) is 11.5 Å². The lowest BCUT2D eigenvalue weighted by Gasteiger charge is -2.34. The fourth-order valence-corrected chi connectivity index (χ4v) is 4.48. The summed E-state index contributed by atoms with van der Waals surface area (Å²) >= 11 is 0. The summed E-state index contributed by atoms with van der Waals surface area (Å²) in [5.41, 5.74) is 0.847. The molecule has 3 rings (SSSR count). The summed E-state index contributed by atoms with van der Waals surface area (Å²) in [6.07, 6.45) is 6.85. The molecule has 1 aliphatic heterocycles. The Morgan fingerprint density at radius 1 is 1.17 bits per heavy atom. The Hall–Kier alpha value is -2.17. The molecule has 29 heavy (non-hydrogen) atoms. The Balaban J connectivity index is 1.67. The van der Waals surface area contributed by atoms with Gasteiger partial charge in [0.25, 0.3) is 5.56 Å². The highest BCUT2D eigenvalue weighted by atomic mass is 16.2. The van der Waals surface area contributed by atoms with E-state index in [9.17, 15) is 9.59 Å². The minimum absolute atomic E-state index is 0.0663. The van der Waals surface area contributed by atoms with Crippen LogP contribution >= 0.6 is 0 Å². The Labute approximate surface area is 174 Å². The van der Waals surface area contributed by atoms with Crippen molar-refractivity contribution >= 4 is 16.8 Å². The first-order valence-electron chi connectivity index (χ1n) is 11.4. The number of hydrogen-bond acceptors (Lipinski definition) is 3. The zero-order valence-corrected chi connectivity index (χ0v) is 18.2. The predicted molar refractivity (Wildman–Crippen MR) is 118 cm³/mol. The molecule has 1 unspecified atom stereocenters. The van der Waals surface area contributed by atoms with Gasteiger partial charge in [0.2, 0.25) is 5.91 Å². The van der Waals surface area contributed by atoms with Crippen LogP contribution in [0.1, 0.15) is 65.1 Å². The topological polar surface area (TPSA) is 55.2 Å². The van der Waals surface area contributed by atoms with E-state index in [4.69, 9.17) is 4.98 Å². The molecule has 0 N–H and O–H groups in total. The monoisotopic (exact) mass is 397 g/mol. The van der Waals surface area contributed by atoms with Gasteiger partial charge in [-0.25, -0.2) is 4.98 Å². The minimum atomic E-state index is 0.0663. The molecule has 2 aromatic rings. The van der Waals surface area contributed by atoms with E-state index in [2.05, 4.69) is 25.7 Å². The molecule has 1 saturated heterocycles. The van der Waals surface area contributed by atoms with Crippen molar-refractivity contribution in [2.75, 3.05) is 13.1 Å². The predicted octanol–water partition coefficient (Wildman–Crippen LogP) is 4.41. The van der Waals surface area contributed by atoms with Crippen LogP contribution in [0.4, 0.5) is 0 Å². The van der Waals surface area contributed by atoms with Crippen LogP contribution in [0.2, 0.25) is 0 Å². The van der Waals surface area contributed by atoms with Gasteiger partial charge in [-0.2, -0.15) is 0 Å². The van der Waals surface area contributed by atoms with Crippen molar-refractivity contribution in [3.63, 3.8) is 0 Å². The van der Waals surface area contributed by atoms with E-state index in [1.54, 1.807) is 0 Å². The van der Waals surface area contributed by atoms with Crippen molar-refractivity contribution < 1.29 is 4.79 Å². The zero-order valence-electron chi connectivity index (χ0n) is 18.2. The number of unbranched alkanes of at least 4 members (excludes halogenated alkanes) is 1. The van der Waals surface area contributed by atoms with Gasteiger partial charge >= 0.3 is 0 Å². The van der Waals surface area contributed by atoms with E-state index in [0.717, 1.165) is 69.4 Å². The lowest BCUT2D eigenvalue weighted by Crippen LogP contribution is -2.43. The second kappa shape index (κ2) is 10.0. The molecule has 1 atom stereocenters. The second-order valence-corrected chi connectivity index (χ2v) is 8.33. The highest BCUT2D eigenvalue weighted by Crippen LogP contribution is 2.23. The number of hydrogen-bond donors (Lipinski definition) is 0. The molecule has 5 nitrogen and oxygen atoms in total. The van der Waals surface area contributed by atoms with Crippen molar-refractivity contribution in [1.29, 1.82) is 0 Å². The normalized spacial score (nSPS) is 16.3. The molecule has 0 bridgehead atoms. The highest BCUT2D eigenvalue weighted by Gasteiger charge is 2.27. The molecule has 1 fully saturated rings. The lowest BCUT2D eigenvalue weighted by molar-refractivity contribution is -0.137. The maximum absolute atomic E-state index is 13.0. The van der Waals surface area contributed by atoms with Gasteiger partial charge in [0.15, 0.2) is 0 Å². The van der Waals surface area contributed by atoms with Gasteiger partial charge in [0, 0.05) is 32.0 Å². The van der Waals surface area contributed by atoms with Crippen molar-refractivity contribution in [3.8, 4) is 0 Å². The fraction of sp³-hybridized carbons (Fsp3) is 0.625. The summed E-state index contributed by atoms with van der Waals surface area (Å²) in [6, 6.07) is 7.60. The lowest BCUT2D eigenvalue weighted by atomic mass is 9.93. The van der Waals surface area contributed by atoms with E-state index in [1.807, 2.05) is 28.8 Å². The standard InChI is InChI=1S/C24H35N3O2/c1-4-7-10-19(5-2)23(28)26-15-13-18(14-16-26)17-27-22(6-3)25-21-12-9-8-11-20(21)24(27)29/h8-9,11-12,18-19H,4-7,10,13-17H2,1-3H3. The van der Waals surface area contributed by atoms with E-state index < -0.39 is 0 Å². The summed E-state index contributed by atoms with van der Waals surface area (Å²) in [6.45, 7) is 8.67. The van der Waals surface area contributed by atoms with Crippen LogP contribution in [-0.4, -0.2) is 33.4 Å². The summed E-state index contributed by atoms with van der Waals surface area (Å²) in [7, 11) is 0. The fourth-order valence-electron chi connectivity index (χ4n) is 4.48.